The average molecular weight is 479 g/mol. The van der Waals surface area contributed by atoms with E-state index in [1.165, 1.54) is 13.2 Å². The topological polar surface area (TPSA) is 85.4 Å². The van der Waals surface area contributed by atoms with E-state index in [1.54, 1.807) is 30.1 Å². The fraction of sp³-hybridized carbons (Fsp3) is 0.370. The largest absolute Gasteiger partial charge is 0.493 e. The van der Waals surface area contributed by atoms with Crippen LogP contribution in [-0.2, 0) is 25.5 Å². The highest BCUT2D eigenvalue weighted by Gasteiger charge is 2.33. The number of nitrogens with zero attached hydrogens (tertiary/aromatic N) is 2. The van der Waals surface area contributed by atoms with Gasteiger partial charge < -0.3 is 24.0 Å². The zero-order valence-electron chi connectivity index (χ0n) is 20.3. The van der Waals surface area contributed by atoms with Crippen molar-refractivity contribution in [1.82, 2.24) is 4.90 Å². The summed E-state index contributed by atoms with van der Waals surface area (Å²) in [6.45, 7) is 1.20. The molecular weight excluding hydrogens is 448 g/mol. The third-order valence-corrected chi connectivity index (χ3v) is 6.57. The number of methoxy groups -OCH3 is 3. The Balaban J connectivity index is 1.55. The first-order valence-corrected chi connectivity index (χ1v) is 11.7. The molecule has 0 aromatic heterocycles. The fourth-order valence-corrected chi connectivity index (χ4v) is 4.70. The third-order valence-electron chi connectivity index (χ3n) is 6.57. The van der Waals surface area contributed by atoms with Gasteiger partial charge in [-0.25, -0.2) is 0 Å². The average Bonchev–Trinajstić information content (AvgIpc) is 3.32. The summed E-state index contributed by atoms with van der Waals surface area (Å²) >= 11 is 0. The van der Waals surface area contributed by atoms with Crippen LogP contribution in [0.25, 0.3) is 6.08 Å². The van der Waals surface area contributed by atoms with Gasteiger partial charge in [-0.2, -0.15) is 0 Å². The van der Waals surface area contributed by atoms with Gasteiger partial charge in [0.25, 0.3) is 0 Å². The summed E-state index contributed by atoms with van der Waals surface area (Å²) in [6.07, 6.45) is 5.39. The molecule has 0 radical (unpaired) electrons. The Bertz CT molecular complexity index is 1140. The van der Waals surface area contributed by atoms with Crippen LogP contribution >= 0.6 is 0 Å². The normalized spacial score (nSPS) is 17.5. The lowest BCUT2D eigenvalue weighted by Crippen LogP contribution is -2.40. The molecule has 0 N–H and O–H groups in total. The molecule has 2 aliphatic heterocycles. The maximum absolute atomic E-state index is 13.2. The number of hydrogen-bond donors (Lipinski definition) is 0. The Kier molecular flexibility index (Phi) is 7.39. The van der Waals surface area contributed by atoms with E-state index < -0.39 is 12.0 Å². The number of amides is 2. The number of hydrogen-bond acceptors (Lipinski definition) is 6. The maximum atomic E-state index is 13.2. The summed E-state index contributed by atoms with van der Waals surface area (Å²) in [4.78, 5) is 40.9. The number of ether oxygens (including phenoxy) is 3. The lowest BCUT2D eigenvalue weighted by molar-refractivity contribution is -0.143. The summed E-state index contributed by atoms with van der Waals surface area (Å²) in [5, 5.41) is 0. The number of carbonyl (C=O) groups is 3. The van der Waals surface area contributed by atoms with E-state index in [4.69, 9.17) is 14.2 Å². The van der Waals surface area contributed by atoms with E-state index in [-0.39, 0.29) is 18.2 Å². The molecule has 8 nitrogen and oxygen atoms in total. The standard InChI is InChI=1S/C27H30N2O6/c1-33-23-15-19-12-14-29(22(17-27(32)35-3)21(19)16-24(23)34-2)26(31)11-8-18-6-9-20(10-7-18)28-13-4-5-25(28)30/h6-11,15-16,22H,4-5,12-14,17H2,1-3H3/b11-8+. The van der Waals surface area contributed by atoms with Gasteiger partial charge in [-0.15, -0.1) is 0 Å². The first-order chi connectivity index (χ1) is 16.9. The van der Waals surface area contributed by atoms with Crippen LogP contribution in [0.5, 0.6) is 11.5 Å². The highest BCUT2D eigenvalue weighted by atomic mass is 16.5. The van der Waals surface area contributed by atoms with Gasteiger partial charge in [0.15, 0.2) is 11.5 Å². The first kappa shape index (κ1) is 24.3. The molecule has 1 unspecified atom stereocenters. The van der Waals surface area contributed by atoms with E-state index in [0.717, 1.165) is 35.3 Å². The van der Waals surface area contributed by atoms with Gasteiger partial charge in [0.1, 0.15) is 0 Å². The van der Waals surface area contributed by atoms with E-state index in [0.29, 0.717) is 30.9 Å². The summed E-state index contributed by atoms with van der Waals surface area (Å²) in [5.41, 5.74) is 3.57. The smallest absolute Gasteiger partial charge is 0.307 e. The summed E-state index contributed by atoms with van der Waals surface area (Å²) in [7, 11) is 4.47. The van der Waals surface area contributed by atoms with Crippen molar-refractivity contribution in [1.29, 1.82) is 0 Å². The molecule has 2 amide bonds. The van der Waals surface area contributed by atoms with Crippen molar-refractivity contribution < 1.29 is 28.6 Å². The van der Waals surface area contributed by atoms with Gasteiger partial charge in [-0.1, -0.05) is 12.1 Å². The Morgan fingerprint density at radius 2 is 1.71 bits per heavy atom. The molecule has 1 fully saturated rings. The number of anilines is 1. The quantitative estimate of drug-likeness (QED) is 0.447. The number of carbonyl (C=O) groups excluding carboxylic acids is 3. The minimum Gasteiger partial charge on any atom is -0.493 e. The number of fused-ring (bicyclic) bond motifs is 1. The van der Waals surface area contributed by atoms with Crippen molar-refractivity contribution in [3.05, 3.63) is 59.2 Å². The van der Waals surface area contributed by atoms with E-state index in [9.17, 15) is 14.4 Å². The van der Waals surface area contributed by atoms with Crippen LogP contribution in [0.4, 0.5) is 5.69 Å². The Morgan fingerprint density at radius 1 is 1.00 bits per heavy atom. The molecule has 0 bridgehead atoms. The zero-order chi connectivity index (χ0) is 24.9. The van der Waals surface area contributed by atoms with Crippen LogP contribution < -0.4 is 14.4 Å². The fourth-order valence-electron chi connectivity index (χ4n) is 4.70. The molecule has 35 heavy (non-hydrogen) atoms. The molecule has 2 aromatic carbocycles. The van der Waals surface area contributed by atoms with Crippen molar-refractivity contribution >= 4 is 29.5 Å². The monoisotopic (exact) mass is 478 g/mol. The summed E-state index contributed by atoms with van der Waals surface area (Å²) < 4.78 is 15.8. The molecule has 4 rings (SSSR count). The minimum atomic E-state index is -0.480. The lowest BCUT2D eigenvalue weighted by Gasteiger charge is -2.36. The van der Waals surface area contributed by atoms with Crippen LogP contribution in [0.15, 0.2) is 42.5 Å². The molecule has 0 aliphatic carbocycles. The SMILES string of the molecule is COC(=O)CC1c2cc(OC)c(OC)cc2CCN1C(=O)/C=C/c1ccc(N2CCCC2=O)cc1. The maximum Gasteiger partial charge on any atom is 0.307 e. The Labute approximate surface area is 205 Å². The van der Waals surface area contributed by atoms with Crippen LogP contribution in [0.1, 0.15) is 42.0 Å². The highest BCUT2D eigenvalue weighted by molar-refractivity contribution is 5.96. The minimum absolute atomic E-state index is 0.0388. The number of esters is 1. The highest BCUT2D eigenvalue weighted by Crippen LogP contribution is 2.39. The van der Waals surface area contributed by atoms with Gasteiger partial charge >= 0.3 is 5.97 Å². The lowest BCUT2D eigenvalue weighted by atomic mass is 9.90. The molecule has 1 atom stereocenters. The van der Waals surface area contributed by atoms with Crippen LogP contribution in [0, 0.1) is 0 Å². The second kappa shape index (κ2) is 10.6. The molecule has 184 valence electrons. The molecule has 2 heterocycles. The molecule has 8 heteroatoms. The van der Waals surface area contributed by atoms with Crippen LogP contribution in [0.3, 0.4) is 0 Å². The number of rotatable bonds is 7. The predicted octanol–water partition coefficient (Wildman–Crippen LogP) is 3.53. The zero-order valence-corrected chi connectivity index (χ0v) is 20.3. The molecule has 2 aliphatic rings. The molecule has 2 aromatic rings. The van der Waals surface area contributed by atoms with Gasteiger partial charge in [0.2, 0.25) is 11.8 Å². The number of benzene rings is 2. The second-order valence-corrected chi connectivity index (χ2v) is 8.56. The third kappa shape index (κ3) is 5.16. The van der Waals surface area contributed by atoms with Crippen molar-refractivity contribution in [2.24, 2.45) is 0 Å². The van der Waals surface area contributed by atoms with E-state index in [1.807, 2.05) is 36.4 Å². The van der Waals surface area contributed by atoms with Crippen molar-refractivity contribution in [3.63, 3.8) is 0 Å². The van der Waals surface area contributed by atoms with Gasteiger partial charge in [0, 0.05) is 31.3 Å². The van der Waals surface area contributed by atoms with Crippen molar-refractivity contribution in [3.8, 4) is 11.5 Å². The van der Waals surface area contributed by atoms with Gasteiger partial charge in [0.05, 0.1) is 33.8 Å². The van der Waals surface area contributed by atoms with E-state index >= 15 is 0 Å². The molecular formula is C27H30N2O6. The summed E-state index contributed by atoms with van der Waals surface area (Å²) in [6, 6.07) is 10.8. The van der Waals surface area contributed by atoms with Crippen LogP contribution in [-0.4, -0.2) is 57.1 Å². The predicted molar refractivity (Wildman–Crippen MR) is 131 cm³/mol. The molecule has 0 spiro atoms. The Morgan fingerprint density at radius 3 is 2.34 bits per heavy atom. The molecule has 0 saturated carbocycles. The first-order valence-electron chi connectivity index (χ1n) is 11.7. The Hall–Kier alpha value is -3.81. The van der Waals surface area contributed by atoms with Crippen molar-refractivity contribution in [2.45, 2.75) is 31.7 Å². The van der Waals surface area contributed by atoms with Gasteiger partial charge in [-0.3, -0.25) is 14.4 Å². The summed E-state index contributed by atoms with van der Waals surface area (Å²) in [5.74, 6) is 0.702. The van der Waals surface area contributed by atoms with Crippen LogP contribution in [0.2, 0.25) is 0 Å². The van der Waals surface area contributed by atoms with Gasteiger partial charge in [-0.05, 0) is 59.9 Å². The molecule has 1 saturated heterocycles. The van der Waals surface area contributed by atoms with E-state index in [2.05, 4.69) is 0 Å². The second-order valence-electron chi connectivity index (χ2n) is 8.56. The van der Waals surface area contributed by atoms with Crippen molar-refractivity contribution in [2.75, 3.05) is 39.3 Å².